The van der Waals surface area contributed by atoms with E-state index in [2.05, 4.69) is 16.0 Å². The fraction of sp³-hybridized carbons (Fsp3) is 0.578. The van der Waals surface area contributed by atoms with E-state index in [4.69, 9.17) is 34.9 Å². The second-order valence-electron chi connectivity index (χ2n) is 17.2. The van der Waals surface area contributed by atoms with E-state index < -0.39 is 52.7 Å². The summed E-state index contributed by atoms with van der Waals surface area (Å²) in [6.45, 7) is 14.1. The molecule has 0 radical (unpaired) electrons. The Hall–Kier alpha value is -5.91. The summed E-state index contributed by atoms with van der Waals surface area (Å²) < 4.78 is 21.6. The van der Waals surface area contributed by atoms with Gasteiger partial charge < -0.3 is 55.7 Å². The molecule has 1 aliphatic carbocycles. The lowest BCUT2D eigenvalue weighted by Gasteiger charge is -2.43. The molecule has 1 saturated heterocycles. The molecule has 0 bridgehead atoms. The summed E-state index contributed by atoms with van der Waals surface area (Å²) in [6, 6.07) is 16.6. The van der Waals surface area contributed by atoms with Crippen molar-refractivity contribution >= 4 is 42.1 Å². The predicted octanol–water partition coefficient (Wildman–Crippen LogP) is 5.90. The number of nitrogens with zero attached hydrogens (tertiary/aromatic N) is 1. The number of alkyl carbamates (subject to hydrolysis) is 2. The smallest absolute Gasteiger partial charge is 0.408 e. The van der Waals surface area contributed by atoms with Gasteiger partial charge in [0.2, 0.25) is 0 Å². The molecule has 2 aliphatic rings. The van der Waals surface area contributed by atoms with Crippen molar-refractivity contribution in [2.75, 3.05) is 26.2 Å². The second kappa shape index (κ2) is 26.5. The largest absolute Gasteiger partial charge is 0.481 e. The van der Waals surface area contributed by atoms with Gasteiger partial charge in [-0.3, -0.25) is 9.59 Å². The molecular weight excluding hydrogens is 819 g/mol. The van der Waals surface area contributed by atoms with Gasteiger partial charge in [-0.25, -0.2) is 24.0 Å². The summed E-state index contributed by atoms with van der Waals surface area (Å²) in [5.74, 6) is -3.41. The van der Waals surface area contributed by atoms with Crippen LogP contribution in [0.25, 0.3) is 0 Å². The van der Waals surface area contributed by atoms with Crippen LogP contribution in [0.2, 0.25) is 0 Å². The first-order valence-electron chi connectivity index (χ1n) is 21.2. The molecule has 0 spiro atoms. The minimum atomic E-state index is -1.49. The molecule has 1 saturated carbocycles. The van der Waals surface area contributed by atoms with Crippen LogP contribution in [-0.2, 0) is 51.3 Å². The van der Waals surface area contributed by atoms with Gasteiger partial charge in [-0.2, -0.15) is 0 Å². The molecule has 4 amide bonds. The van der Waals surface area contributed by atoms with Crippen LogP contribution in [0, 0.1) is 5.41 Å². The number of urea groups is 1. The van der Waals surface area contributed by atoms with Gasteiger partial charge in [0.05, 0.1) is 0 Å². The van der Waals surface area contributed by atoms with Crippen molar-refractivity contribution in [2.24, 2.45) is 11.1 Å². The van der Waals surface area contributed by atoms with Gasteiger partial charge in [0.15, 0.2) is 0 Å². The Balaban J connectivity index is 0.000000392. The van der Waals surface area contributed by atoms with Crippen molar-refractivity contribution < 1.29 is 62.7 Å². The van der Waals surface area contributed by atoms with Crippen LogP contribution in [0.1, 0.15) is 110 Å². The Kier molecular flexibility index (Phi) is 22.4. The quantitative estimate of drug-likeness (QED) is 0.0900. The van der Waals surface area contributed by atoms with Gasteiger partial charge in [-0.05, 0) is 75.8 Å². The molecule has 2 fully saturated rings. The molecule has 63 heavy (non-hydrogen) atoms. The number of carbonyl (C=O) groups is 7. The molecule has 1 aliphatic heterocycles. The lowest BCUT2D eigenvalue weighted by Crippen LogP contribution is -2.64. The zero-order chi connectivity index (χ0) is 47.1. The third-order valence-electron chi connectivity index (χ3n) is 9.99. The Morgan fingerprint density at radius 3 is 1.75 bits per heavy atom. The molecule has 1 heterocycles. The number of hydrogen-bond acceptors (Lipinski definition) is 12. The Bertz CT molecular complexity index is 1750. The van der Waals surface area contributed by atoms with Crippen LogP contribution >= 0.6 is 0 Å². The molecule has 2 aromatic rings. The predicted molar refractivity (Wildman–Crippen MR) is 232 cm³/mol. The monoisotopic (exact) mass is 885 g/mol. The number of esters is 2. The maximum atomic E-state index is 13.5. The first-order valence-corrected chi connectivity index (χ1v) is 21.2. The van der Waals surface area contributed by atoms with Gasteiger partial charge in [-0.15, -0.1) is 0 Å². The maximum Gasteiger partial charge on any atom is 0.408 e. The summed E-state index contributed by atoms with van der Waals surface area (Å²) in [5, 5.41) is 25.4. The SMILES string of the molecule is CC(C)(C)OC(=O)[C@](CCC(=O)OC1CCCCC1)(NC(=O)OCc1ccccc1)C(C)(C)C.NC(=O)N1CCNCC1.O=C(O)CC[C@H](NC(=O)OCc1ccccc1)C(=O)O. The van der Waals surface area contributed by atoms with Crippen LogP contribution in [0.3, 0.4) is 0 Å². The third-order valence-corrected chi connectivity index (χ3v) is 9.99. The van der Waals surface area contributed by atoms with Gasteiger partial charge in [0, 0.05) is 39.0 Å². The number of nitrogens with two attached hydrogens (primary N) is 1. The standard InChI is InChI=1S/C27H41NO6.C13H15NO6.C5H11N3O/c1-25(2,3)27(23(30)34-26(4,5)6,18-17-22(29)33-21-15-11-8-12-16-21)28-24(31)32-19-20-13-9-7-10-14-20;15-11(16)7-6-10(12(17)18)14-13(19)20-8-9-4-2-1-3-5-9;6-5(9)8-3-1-7-2-4-8/h7,9-10,13-14,21H,8,11-12,15-19H2,1-6H3,(H,28,31);1-5,10H,6-8H2,(H,14,19)(H,15,16)(H,17,18);7H,1-4H2,(H2,6,9)/t27-;10-;/m00./s1. The highest BCUT2D eigenvalue weighted by Crippen LogP contribution is 2.37. The fourth-order valence-electron chi connectivity index (χ4n) is 6.42. The summed E-state index contributed by atoms with van der Waals surface area (Å²) in [5.41, 5.74) is 3.59. The molecule has 350 valence electrons. The van der Waals surface area contributed by atoms with Crippen molar-refractivity contribution in [3.63, 3.8) is 0 Å². The average molecular weight is 886 g/mol. The van der Waals surface area contributed by atoms with E-state index in [1.165, 1.54) is 0 Å². The first-order chi connectivity index (χ1) is 29.6. The second-order valence-corrected chi connectivity index (χ2v) is 17.2. The number of ether oxygens (including phenoxy) is 4. The molecule has 4 rings (SSSR count). The van der Waals surface area contributed by atoms with E-state index in [9.17, 15) is 33.6 Å². The van der Waals surface area contributed by atoms with E-state index in [1.807, 2.05) is 57.2 Å². The molecule has 2 aromatic carbocycles. The summed E-state index contributed by atoms with van der Waals surface area (Å²) in [6.07, 6.45) is 2.75. The van der Waals surface area contributed by atoms with Crippen molar-refractivity contribution in [3.8, 4) is 0 Å². The molecule has 7 N–H and O–H groups in total. The molecule has 18 heteroatoms. The lowest BCUT2D eigenvalue weighted by molar-refractivity contribution is -0.169. The number of hydrogen-bond donors (Lipinski definition) is 6. The first kappa shape index (κ1) is 53.2. The number of piperazine rings is 1. The van der Waals surface area contributed by atoms with E-state index in [-0.39, 0.29) is 57.0 Å². The van der Waals surface area contributed by atoms with Crippen LogP contribution in [-0.4, -0.2) is 107 Å². The summed E-state index contributed by atoms with van der Waals surface area (Å²) >= 11 is 0. The van der Waals surface area contributed by atoms with Crippen molar-refractivity contribution in [1.82, 2.24) is 20.9 Å². The zero-order valence-corrected chi connectivity index (χ0v) is 37.4. The van der Waals surface area contributed by atoms with Crippen LogP contribution in [0.4, 0.5) is 14.4 Å². The fourth-order valence-corrected chi connectivity index (χ4v) is 6.42. The number of aliphatic carboxylic acids is 2. The van der Waals surface area contributed by atoms with Gasteiger partial charge in [0.25, 0.3) is 0 Å². The highest BCUT2D eigenvalue weighted by molar-refractivity contribution is 5.88. The Morgan fingerprint density at radius 1 is 0.778 bits per heavy atom. The zero-order valence-electron chi connectivity index (χ0n) is 37.4. The van der Waals surface area contributed by atoms with Gasteiger partial charge >= 0.3 is 42.1 Å². The van der Waals surface area contributed by atoms with E-state index >= 15 is 0 Å². The molecule has 18 nitrogen and oxygen atoms in total. The van der Waals surface area contributed by atoms with E-state index in [1.54, 1.807) is 49.9 Å². The number of rotatable bonds is 15. The van der Waals surface area contributed by atoms with Crippen LogP contribution in [0.15, 0.2) is 60.7 Å². The van der Waals surface area contributed by atoms with Crippen molar-refractivity contribution in [1.29, 1.82) is 0 Å². The van der Waals surface area contributed by atoms with Crippen molar-refractivity contribution in [3.05, 3.63) is 71.8 Å². The van der Waals surface area contributed by atoms with Gasteiger partial charge in [-0.1, -0.05) is 87.9 Å². The van der Waals surface area contributed by atoms with Crippen LogP contribution < -0.4 is 21.7 Å². The molecule has 0 unspecified atom stereocenters. The number of carboxylic acids is 2. The highest BCUT2D eigenvalue weighted by atomic mass is 16.6. The minimum Gasteiger partial charge on any atom is -0.481 e. The number of benzene rings is 2. The van der Waals surface area contributed by atoms with E-state index in [0.717, 1.165) is 69.4 Å². The topological polar surface area (TPSA) is 262 Å². The van der Waals surface area contributed by atoms with E-state index in [0.29, 0.717) is 0 Å². The van der Waals surface area contributed by atoms with Gasteiger partial charge in [0.1, 0.15) is 36.5 Å². The molecular formula is C45H67N5O13. The number of primary amides is 1. The number of amides is 4. The van der Waals surface area contributed by atoms with Crippen molar-refractivity contribution in [2.45, 2.75) is 136 Å². The number of carboxylic acid groups (broad SMARTS) is 2. The Labute approximate surface area is 369 Å². The summed E-state index contributed by atoms with van der Waals surface area (Å²) in [7, 11) is 0. The number of carbonyl (C=O) groups excluding carboxylic acids is 5. The molecule has 0 aromatic heterocycles. The molecule has 2 atom stereocenters. The summed E-state index contributed by atoms with van der Waals surface area (Å²) in [4.78, 5) is 83.8. The average Bonchev–Trinajstić information content (AvgIpc) is 3.23. The third kappa shape index (κ3) is 21.1. The lowest BCUT2D eigenvalue weighted by atomic mass is 9.70. The number of nitrogens with one attached hydrogen (secondary N) is 3. The highest BCUT2D eigenvalue weighted by Gasteiger charge is 2.52. The normalized spacial score (nSPS) is 15.5. The van der Waals surface area contributed by atoms with Crippen LogP contribution in [0.5, 0.6) is 0 Å². The minimum absolute atomic E-state index is 0.0118. The Morgan fingerprint density at radius 2 is 1.30 bits per heavy atom. The maximum absolute atomic E-state index is 13.5.